The van der Waals surface area contributed by atoms with Gasteiger partial charge in [-0.15, -0.1) is 0 Å². The second kappa shape index (κ2) is 5.84. The van der Waals surface area contributed by atoms with Gasteiger partial charge in [-0.2, -0.15) is 11.8 Å². The number of aliphatic hydroxyl groups is 1. The topological polar surface area (TPSA) is 32.3 Å². The first-order valence-corrected chi connectivity index (χ1v) is 6.14. The van der Waals surface area contributed by atoms with Gasteiger partial charge in [0.05, 0.1) is 6.10 Å². The molecule has 3 heteroatoms. The molecular weight excluding hydrogens is 170 g/mol. The van der Waals surface area contributed by atoms with Crippen molar-refractivity contribution in [1.29, 1.82) is 0 Å². The summed E-state index contributed by atoms with van der Waals surface area (Å²) in [5.41, 5.74) is 0. The third-order valence-electron chi connectivity index (χ3n) is 2.41. The van der Waals surface area contributed by atoms with E-state index in [-0.39, 0.29) is 6.10 Å². The van der Waals surface area contributed by atoms with E-state index in [1.807, 2.05) is 11.8 Å². The molecule has 0 amide bonds. The van der Waals surface area contributed by atoms with Crippen molar-refractivity contribution in [3.05, 3.63) is 0 Å². The summed E-state index contributed by atoms with van der Waals surface area (Å²) in [7, 11) is 0. The van der Waals surface area contributed by atoms with Crippen LogP contribution in [0.4, 0.5) is 0 Å². The molecular formula is C9H19NOS. The third-order valence-corrected chi connectivity index (χ3v) is 3.11. The average Bonchev–Trinajstić information content (AvgIpc) is 2.46. The lowest BCUT2D eigenvalue weighted by molar-refractivity contribution is 0.149. The minimum absolute atomic E-state index is 0.0840. The molecule has 0 spiro atoms. The number of aliphatic hydroxyl groups excluding tert-OH is 1. The van der Waals surface area contributed by atoms with Gasteiger partial charge in [-0.05, 0) is 44.2 Å². The molecule has 0 aliphatic heterocycles. The van der Waals surface area contributed by atoms with Crippen LogP contribution in [0.2, 0.25) is 0 Å². The van der Waals surface area contributed by atoms with Crippen molar-refractivity contribution in [2.24, 2.45) is 0 Å². The average molecular weight is 189 g/mol. The molecule has 72 valence electrons. The summed E-state index contributed by atoms with van der Waals surface area (Å²) in [6.07, 6.45) is 6.58. The van der Waals surface area contributed by atoms with Crippen LogP contribution < -0.4 is 5.32 Å². The van der Waals surface area contributed by atoms with Crippen LogP contribution in [0.15, 0.2) is 0 Å². The molecule has 1 aliphatic carbocycles. The van der Waals surface area contributed by atoms with Crippen molar-refractivity contribution in [2.45, 2.75) is 37.8 Å². The van der Waals surface area contributed by atoms with Crippen LogP contribution in [0, 0.1) is 0 Å². The van der Waals surface area contributed by atoms with E-state index in [9.17, 15) is 5.11 Å². The molecule has 12 heavy (non-hydrogen) atoms. The number of hydrogen-bond acceptors (Lipinski definition) is 3. The second-order valence-electron chi connectivity index (χ2n) is 3.41. The van der Waals surface area contributed by atoms with Crippen molar-refractivity contribution >= 4 is 11.8 Å². The Balaban J connectivity index is 1.98. The van der Waals surface area contributed by atoms with Crippen LogP contribution in [-0.2, 0) is 0 Å². The summed E-state index contributed by atoms with van der Waals surface area (Å²) >= 11 is 1.88. The van der Waals surface area contributed by atoms with Crippen molar-refractivity contribution in [3.63, 3.8) is 0 Å². The van der Waals surface area contributed by atoms with Gasteiger partial charge in [0.25, 0.3) is 0 Å². The van der Waals surface area contributed by atoms with E-state index in [4.69, 9.17) is 0 Å². The summed E-state index contributed by atoms with van der Waals surface area (Å²) in [6.45, 7) is 1.06. The monoisotopic (exact) mass is 189 g/mol. The quantitative estimate of drug-likeness (QED) is 0.638. The number of rotatable bonds is 5. The highest BCUT2D eigenvalue weighted by molar-refractivity contribution is 7.98. The third kappa shape index (κ3) is 3.33. The zero-order valence-corrected chi connectivity index (χ0v) is 8.57. The second-order valence-corrected chi connectivity index (χ2v) is 4.39. The van der Waals surface area contributed by atoms with Crippen LogP contribution in [0.25, 0.3) is 0 Å². The van der Waals surface area contributed by atoms with E-state index in [0.717, 1.165) is 19.4 Å². The molecule has 0 aromatic rings. The van der Waals surface area contributed by atoms with Crippen LogP contribution in [0.5, 0.6) is 0 Å². The van der Waals surface area contributed by atoms with Gasteiger partial charge in [-0.3, -0.25) is 0 Å². The zero-order chi connectivity index (χ0) is 8.81. The maximum Gasteiger partial charge on any atom is 0.0693 e. The van der Waals surface area contributed by atoms with Gasteiger partial charge in [-0.25, -0.2) is 0 Å². The number of hydrogen-bond donors (Lipinski definition) is 2. The number of thioether (sulfide) groups is 1. The van der Waals surface area contributed by atoms with E-state index >= 15 is 0 Å². The predicted octanol–water partition coefficient (Wildman–Crippen LogP) is 1.24. The first-order chi connectivity index (χ1) is 5.84. The van der Waals surface area contributed by atoms with Crippen molar-refractivity contribution in [1.82, 2.24) is 5.32 Å². The molecule has 0 aromatic carbocycles. The Morgan fingerprint density at radius 3 is 2.92 bits per heavy atom. The molecule has 1 aliphatic rings. The van der Waals surface area contributed by atoms with Gasteiger partial charge < -0.3 is 10.4 Å². The number of nitrogens with one attached hydrogen (secondary N) is 1. The Hall–Kier alpha value is 0.270. The van der Waals surface area contributed by atoms with Crippen LogP contribution in [0.1, 0.15) is 25.7 Å². The minimum atomic E-state index is -0.0840. The summed E-state index contributed by atoms with van der Waals surface area (Å²) in [5, 5.41) is 12.9. The Labute approximate surface area is 79.1 Å². The van der Waals surface area contributed by atoms with Gasteiger partial charge >= 0.3 is 0 Å². The van der Waals surface area contributed by atoms with Crippen LogP contribution in [0.3, 0.4) is 0 Å². The van der Waals surface area contributed by atoms with Crippen molar-refractivity contribution in [2.75, 3.05) is 18.6 Å². The maximum atomic E-state index is 9.48. The molecule has 2 N–H and O–H groups in total. The molecule has 2 atom stereocenters. The van der Waals surface area contributed by atoms with Crippen molar-refractivity contribution in [3.8, 4) is 0 Å². The Kier molecular flexibility index (Phi) is 5.04. The summed E-state index contributed by atoms with van der Waals surface area (Å²) in [6, 6.07) is 0.381. The maximum absolute atomic E-state index is 9.48. The molecule has 0 saturated heterocycles. The first kappa shape index (κ1) is 10.4. The highest BCUT2D eigenvalue weighted by atomic mass is 32.2. The molecule has 0 bridgehead atoms. The predicted molar refractivity (Wildman–Crippen MR) is 54.6 cm³/mol. The highest BCUT2D eigenvalue weighted by Crippen LogP contribution is 2.18. The Morgan fingerprint density at radius 1 is 1.50 bits per heavy atom. The standard InChI is InChI=1S/C9H19NOS/c1-12-7-3-6-10-8-4-2-5-9(8)11/h8-11H,2-7H2,1H3/t8-,9-/m0/s1. The lowest BCUT2D eigenvalue weighted by Gasteiger charge is -2.15. The van der Waals surface area contributed by atoms with E-state index in [0.29, 0.717) is 6.04 Å². The summed E-state index contributed by atoms with van der Waals surface area (Å²) in [5.74, 6) is 1.22. The van der Waals surface area contributed by atoms with Crippen LogP contribution in [-0.4, -0.2) is 35.8 Å². The van der Waals surface area contributed by atoms with E-state index in [1.165, 1.54) is 18.6 Å². The molecule has 1 rings (SSSR count). The fourth-order valence-electron chi connectivity index (χ4n) is 1.68. The van der Waals surface area contributed by atoms with Crippen LogP contribution >= 0.6 is 11.8 Å². The zero-order valence-electron chi connectivity index (χ0n) is 7.75. The van der Waals surface area contributed by atoms with Crippen molar-refractivity contribution < 1.29 is 5.11 Å². The van der Waals surface area contributed by atoms with Gasteiger partial charge in [0.2, 0.25) is 0 Å². The fourth-order valence-corrected chi connectivity index (χ4v) is 2.12. The molecule has 1 saturated carbocycles. The van der Waals surface area contributed by atoms with Gasteiger partial charge in [0, 0.05) is 6.04 Å². The smallest absolute Gasteiger partial charge is 0.0693 e. The normalized spacial score (nSPS) is 29.5. The fraction of sp³-hybridized carbons (Fsp3) is 1.00. The van der Waals surface area contributed by atoms with Gasteiger partial charge in [-0.1, -0.05) is 0 Å². The van der Waals surface area contributed by atoms with Gasteiger partial charge in [0.15, 0.2) is 0 Å². The van der Waals surface area contributed by atoms with Gasteiger partial charge in [0.1, 0.15) is 0 Å². The minimum Gasteiger partial charge on any atom is -0.392 e. The lowest BCUT2D eigenvalue weighted by Crippen LogP contribution is -2.36. The molecule has 0 aromatic heterocycles. The van der Waals surface area contributed by atoms with E-state index in [2.05, 4.69) is 11.6 Å². The van der Waals surface area contributed by atoms with E-state index < -0.39 is 0 Å². The summed E-state index contributed by atoms with van der Waals surface area (Å²) in [4.78, 5) is 0. The molecule has 1 fully saturated rings. The summed E-state index contributed by atoms with van der Waals surface area (Å²) < 4.78 is 0. The largest absolute Gasteiger partial charge is 0.392 e. The first-order valence-electron chi connectivity index (χ1n) is 4.75. The SMILES string of the molecule is CSCCCN[C@H]1CCC[C@@H]1O. The molecule has 0 radical (unpaired) electrons. The lowest BCUT2D eigenvalue weighted by atomic mass is 10.2. The molecule has 0 heterocycles. The molecule has 0 unspecified atom stereocenters. The Bertz CT molecular complexity index is 121. The van der Waals surface area contributed by atoms with E-state index in [1.54, 1.807) is 0 Å². The molecule has 2 nitrogen and oxygen atoms in total. The Morgan fingerprint density at radius 2 is 2.33 bits per heavy atom. The highest BCUT2D eigenvalue weighted by Gasteiger charge is 2.23.